The van der Waals surface area contributed by atoms with E-state index in [0.29, 0.717) is 6.42 Å². The molecule has 4 nitrogen and oxygen atoms in total. The van der Waals surface area contributed by atoms with Gasteiger partial charge >= 0.3 is 0 Å². The second-order valence-electron chi connectivity index (χ2n) is 5.35. The molecule has 0 aliphatic heterocycles. The molecule has 24 heavy (non-hydrogen) atoms. The van der Waals surface area contributed by atoms with E-state index in [4.69, 9.17) is 4.74 Å². The Morgan fingerprint density at radius 2 is 2.04 bits per heavy atom. The van der Waals surface area contributed by atoms with Gasteiger partial charge in [0.1, 0.15) is 10.8 Å². The van der Waals surface area contributed by atoms with Gasteiger partial charge in [0.2, 0.25) is 5.91 Å². The number of nitrogens with zero attached hydrogens (tertiary/aromatic N) is 1. The summed E-state index contributed by atoms with van der Waals surface area (Å²) in [6.45, 7) is 1.99. The molecule has 6 heteroatoms. The normalized spacial score (nSPS) is 11.9. The van der Waals surface area contributed by atoms with E-state index in [9.17, 15) is 4.79 Å². The second-order valence-corrected chi connectivity index (χ2v) is 7.19. The summed E-state index contributed by atoms with van der Waals surface area (Å²) in [6.07, 6.45) is 0.294. The maximum absolute atomic E-state index is 12.2. The average molecular weight is 358 g/mol. The number of hydrogen-bond acceptors (Lipinski definition) is 5. The largest absolute Gasteiger partial charge is 0.497 e. The predicted octanol–water partition coefficient (Wildman–Crippen LogP) is 4.30. The van der Waals surface area contributed by atoms with Crippen LogP contribution in [0.4, 0.5) is 0 Å². The van der Waals surface area contributed by atoms with Crippen LogP contribution in [0, 0.1) is 0 Å². The van der Waals surface area contributed by atoms with Crippen molar-refractivity contribution in [2.75, 3.05) is 7.11 Å². The number of benzene rings is 1. The van der Waals surface area contributed by atoms with Crippen LogP contribution in [0.5, 0.6) is 5.75 Å². The molecule has 124 valence electrons. The Morgan fingerprint density at radius 3 is 2.71 bits per heavy atom. The fourth-order valence-electron chi connectivity index (χ4n) is 2.32. The lowest BCUT2D eigenvalue weighted by Crippen LogP contribution is -2.27. The van der Waals surface area contributed by atoms with Gasteiger partial charge < -0.3 is 10.1 Å². The molecule has 0 radical (unpaired) electrons. The summed E-state index contributed by atoms with van der Waals surface area (Å²) in [6, 6.07) is 11.8. The molecule has 3 aromatic rings. The van der Waals surface area contributed by atoms with Crippen molar-refractivity contribution in [2.24, 2.45) is 0 Å². The zero-order valence-electron chi connectivity index (χ0n) is 13.5. The highest BCUT2D eigenvalue weighted by Crippen LogP contribution is 2.26. The van der Waals surface area contributed by atoms with Gasteiger partial charge in [-0.3, -0.25) is 4.79 Å². The number of methoxy groups -OCH3 is 1. The third-order valence-corrected chi connectivity index (χ3v) is 5.57. The average Bonchev–Trinajstić information content (AvgIpc) is 3.26. The summed E-state index contributed by atoms with van der Waals surface area (Å²) < 4.78 is 5.16. The number of thiazole rings is 1. The molecule has 1 aromatic carbocycles. The highest BCUT2D eigenvalue weighted by Gasteiger charge is 2.13. The van der Waals surface area contributed by atoms with Gasteiger partial charge in [0.25, 0.3) is 0 Å². The lowest BCUT2D eigenvalue weighted by atomic mass is 10.2. The molecule has 1 N–H and O–H groups in total. The smallest absolute Gasteiger partial charge is 0.226 e. The number of nitrogens with one attached hydrogen (secondary N) is 1. The van der Waals surface area contributed by atoms with Crippen LogP contribution in [-0.2, 0) is 11.2 Å². The van der Waals surface area contributed by atoms with E-state index in [-0.39, 0.29) is 11.9 Å². The van der Waals surface area contributed by atoms with Gasteiger partial charge in [-0.15, -0.1) is 22.7 Å². The van der Waals surface area contributed by atoms with Crippen LogP contribution in [0.2, 0.25) is 0 Å². The van der Waals surface area contributed by atoms with E-state index in [2.05, 4.69) is 10.3 Å². The van der Waals surface area contributed by atoms with Crippen molar-refractivity contribution >= 4 is 28.6 Å². The SMILES string of the molecule is COc1ccc(-c2nc(CC(=O)N[C@H](C)c3cccs3)cs2)cc1. The molecular formula is C18H18N2O2S2. The highest BCUT2D eigenvalue weighted by molar-refractivity contribution is 7.13. The summed E-state index contributed by atoms with van der Waals surface area (Å²) >= 11 is 3.19. The van der Waals surface area contributed by atoms with Gasteiger partial charge in [0.15, 0.2) is 0 Å². The third-order valence-electron chi connectivity index (χ3n) is 3.58. The van der Waals surface area contributed by atoms with Crippen molar-refractivity contribution in [2.45, 2.75) is 19.4 Å². The highest BCUT2D eigenvalue weighted by atomic mass is 32.1. The fraction of sp³-hybridized carbons (Fsp3) is 0.222. The number of ether oxygens (including phenoxy) is 1. The summed E-state index contributed by atoms with van der Waals surface area (Å²) in [5.74, 6) is 0.806. The predicted molar refractivity (Wildman–Crippen MR) is 98.7 cm³/mol. The van der Waals surface area contributed by atoms with Gasteiger partial charge in [0, 0.05) is 15.8 Å². The molecule has 0 saturated heterocycles. The van der Waals surface area contributed by atoms with Gasteiger partial charge in [-0.25, -0.2) is 4.98 Å². The first-order valence-corrected chi connectivity index (χ1v) is 9.33. The minimum atomic E-state index is -0.0116. The minimum absolute atomic E-state index is 0.0116. The number of hydrogen-bond donors (Lipinski definition) is 1. The number of amides is 1. The molecule has 0 unspecified atom stereocenters. The van der Waals surface area contributed by atoms with E-state index in [1.807, 2.05) is 54.1 Å². The maximum atomic E-state index is 12.2. The molecule has 0 aliphatic carbocycles. The first-order chi connectivity index (χ1) is 11.7. The van der Waals surface area contributed by atoms with Crippen LogP contribution in [0.1, 0.15) is 23.5 Å². The number of rotatable bonds is 6. The van der Waals surface area contributed by atoms with Crippen LogP contribution >= 0.6 is 22.7 Å². The van der Waals surface area contributed by atoms with Crippen molar-refractivity contribution < 1.29 is 9.53 Å². The van der Waals surface area contributed by atoms with Crippen molar-refractivity contribution in [3.63, 3.8) is 0 Å². The monoisotopic (exact) mass is 358 g/mol. The fourth-order valence-corrected chi connectivity index (χ4v) is 3.88. The molecule has 0 bridgehead atoms. The molecule has 0 spiro atoms. The Morgan fingerprint density at radius 1 is 1.25 bits per heavy atom. The van der Waals surface area contributed by atoms with E-state index < -0.39 is 0 Å². The quantitative estimate of drug-likeness (QED) is 0.715. The Labute approximate surface area is 149 Å². The summed E-state index contributed by atoms with van der Waals surface area (Å²) in [5.41, 5.74) is 1.82. The Kier molecular flexibility index (Phi) is 5.27. The lowest BCUT2D eigenvalue weighted by Gasteiger charge is -2.11. The molecule has 2 heterocycles. The van der Waals surface area contributed by atoms with Gasteiger partial charge in [0.05, 0.1) is 25.3 Å². The van der Waals surface area contributed by atoms with Crippen LogP contribution < -0.4 is 10.1 Å². The standard InChI is InChI=1S/C18H18N2O2S2/c1-12(16-4-3-9-23-16)19-17(21)10-14-11-24-18(20-14)13-5-7-15(22-2)8-6-13/h3-9,11-12H,10H2,1-2H3,(H,19,21)/t12-/m1/s1. The van der Waals surface area contributed by atoms with Gasteiger partial charge in [-0.1, -0.05) is 6.07 Å². The number of thiophene rings is 1. The lowest BCUT2D eigenvalue weighted by molar-refractivity contribution is -0.121. The Bertz CT molecular complexity index is 795. The number of aromatic nitrogens is 1. The van der Waals surface area contributed by atoms with Crippen LogP contribution in [0.3, 0.4) is 0 Å². The molecule has 2 aromatic heterocycles. The first-order valence-electron chi connectivity index (χ1n) is 7.57. The van der Waals surface area contributed by atoms with Crippen LogP contribution in [0.25, 0.3) is 10.6 Å². The third kappa shape index (κ3) is 4.01. The van der Waals surface area contributed by atoms with E-state index >= 15 is 0 Å². The molecule has 1 amide bonds. The van der Waals surface area contributed by atoms with Crippen molar-refractivity contribution in [1.29, 1.82) is 0 Å². The van der Waals surface area contributed by atoms with Crippen molar-refractivity contribution in [3.05, 3.63) is 57.7 Å². The molecule has 0 aliphatic rings. The second kappa shape index (κ2) is 7.59. The molecule has 1 atom stereocenters. The maximum Gasteiger partial charge on any atom is 0.226 e. The van der Waals surface area contributed by atoms with Crippen molar-refractivity contribution in [3.8, 4) is 16.3 Å². The topological polar surface area (TPSA) is 51.2 Å². The summed E-state index contributed by atoms with van der Waals surface area (Å²) in [5, 5.41) is 7.88. The van der Waals surface area contributed by atoms with Crippen LogP contribution in [-0.4, -0.2) is 18.0 Å². The molecule has 3 rings (SSSR count). The zero-order valence-corrected chi connectivity index (χ0v) is 15.1. The number of carbonyl (C=O) groups excluding carboxylic acids is 1. The Balaban J connectivity index is 1.61. The minimum Gasteiger partial charge on any atom is -0.497 e. The molecule has 0 saturated carbocycles. The summed E-state index contributed by atoms with van der Waals surface area (Å²) in [4.78, 5) is 17.9. The van der Waals surface area contributed by atoms with Crippen LogP contribution in [0.15, 0.2) is 47.2 Å². The number of carbonyl (C=O) groups is 1. The van der Waals surface area contributed by atoms with Crippen molar-refractivity contribution in [1.82, 2.24) is 10.3 Å². The Hall–Kier alpha value is -2.18. The molecular weight excluding hydrogens is 340 g/mol. The molecule has 0 fully saturated rings. The van der Waals surface area contributed by atoms with E-state index in [0.717, 1.165) is 26.9 Å². The van der Waals surface area contributed by atoms with Gasteiger partial charge in [-0.05, 0) is 42.6 Å². The summed E-state index contributed by atoms with van der Waals surface area (Å²) in [7, 11) is 1.65. The van der Waals surface area contributed by atoms with E-state index in [1.165, 1.54) is 0 Å². The zero-order chi connectivity index (χ0) is 16.9. The van der Waals surface area contributed by atoms with Gasteiger partial charge in [-0.2, -0.15) is 0 Å². The first kappa shape index (κ1) is 16.7. The van der Waals surface area contributed by atoms with E-state index in [1.54, 1.807) is 29.8 Å².